The van der Waals surface area contributed by atoms with Crippen LogP contribution in [0.5, 0.6) is 5.75 Å². The van der Waals surface area contributed by atoms with Gasteiger partial charge in [0.2, 0.25) is 0 Å². The molecule has 0 aliphatic rings. The summed E-state index contributed by atoms with van der Waals surface area (Å²) in [5.74, 6) is 0.974. The van der Waals surface area contributed by atoms with Crippen LogP contribution in [-0.4, -0.2) is 19.8 Å². The molecule has 19 heavy (non-hydrogen) atoms. The Morgan fingerprint density at radius 3 is 2.05 bits per heavy atom. The van der Waals surface area contributed by atoms with Crippen molar-refractivity contribution in [3.8, 4) is 5.75 Å². The van der Waals surface area contributed by atoms with Crippen molar-refractivity contribution in [2.75, 3.05) is 19.8 Å². The molecule has 0 fully saturated rings. The van der Waals surface area contributed by atoms with Crippen LogP contribution in [-0.2, 0) is 4.74 Å². The summed E-state index contributed by atoms with van der Waals surface area (Å²) in [6.07, 6.45) is 8.54. The highest BCUT2D eigenvalue weighted by atomic mass is 16.5. The van der Waals surface area contributed by atoms with Gasteiger partial charge in [-0.3, -0.25) is 0 Å². The van der Waals surface area contributed by atoms with Gasteiger partial charge in [0.25, 0.3) is 0 Å². The van der Waals surface area contributed by atoms with E-state index in [1.54, 1.807) is 0 Å². The largest absolute Gasteiger partial charge is 0.494 e. The van der Waals surface area contributed by atoms with Gasteiger partial charge in [-0.25, -0.2) is 0 Å². The van der Waals surface area contributed by atoms with Crippen LogP contribution < -0.4 is 4.74 Å². The maximum Gasteiger partial charge on any atom is 0.119 e. The van der Waals surface area contributed by atoms with E-state index in [1.165, 1.54) is 38.5 Å². The topological polar surface area (TPSA) is 18.5 Å². The van der Waals surface area contributed by atoms with Crippen LogP contribution in [0.15, 0.2) is 30.3 Å². The zero-order valence-electron chi connectivity index (χ0n) is 12.3. The predicted octanol–water partition coefficient (Wildman–Crippen LogP) is 4.83. The second-order valence-corrected chi connectivity index (χ2v) is 4.90. The number of ether oxygens (including phenoxy) is 2. The highest BCUT2D eigenvalue weighted by Gasteiger charge is 1.94. The molecule has 0 radical (unpaired) electrons. The lowest BCUT2D eigenvalue weighted by molar-refractivity contribution is 0.125. The van der Waals surface area contributed by atoms with E-state index in [1.807, 2.05) is 30.3 Å². The Bertz CT molecular complexity index is 285. The summed E-state index contributed by atoms with van der Waals surface area (Å²) >= 11 is 0. The molecule has 0 atom stereocenters. The second kappa shape index (κ2) is 12.0. The standard InChI is InChI=1S/C17H28O2/c1-2-3-9-14-18-15-10-4-5-11-16-19-17-12-7-6-8-13-17/h6-8,12-13H,2-5,9-11,14-16H2,1H3. The van der Waals surface area contributed by atoms with Gasteiger partial charge in [0, 0.05) is 13.2 Å². The van der Waals surface area contributed by atoms with Gasteiger partial charge in [-0.15, -0.1) is 0 Å². The molecule has 0 spiro atoms. The summed E-state index contributed by atoms with van der Waals surface area (Å²) in [5, 5.41) is 0. The van der Waals surface area contributed by atoms with Crippen molar-refractivity contribution in [2.24, 2.45) is 0 Å². The van der Waals surface area contributed by atoms with Crippen molar-refractivity contribution in [3.63, 3.8) is 0 Å². The van der Waals surface area contributed by atoms with Gasteiger partial charge < -0.3 is 9.47 Å². The van der Waals surface area contributed by atoms with Gasteiger partial charge in [-0.05, 0) is 37.8 Å². The minimum Gasteiger partial charge on any atom is -0.494 e. The van der Waals surface area contributed by atoms with E-state index >= 15 is 0 Å². The first kappa shape index (κ1) is 16.0. The number of hydrogen-bond acceptors (Lipinski definition) is 2. The van der Waals surface area contributed by atoms with E-state index in [-0.39, 0.29) is 0 Å². The minimum absolute atomic E-state index is 0.821. The van der Waals surface area contributed by atoms with Crippen molar-refractivity contribution in [1.82, 2.24) is 0 Å². The van der Waals surface area contributed by atoms with Crippen molar-refractivity contribution < 1.29 is 9.47 Å². The zero-order chi connectivity index (χ0) is 13.6. The molecular formula is C17H28O2. The van der Waals surface area contributed by atoms with Crippen molar-refractivity contribution in [2.45, 2.75) is 51.9 Å². The SMILES string of the molecule is CCCCCOCCCCCCOc1ccccc1. The molecule has 0 aromatic heterocycles. The van der Waals surface area contributed by atoms with Gasteiger partial charge >= 0.3 is 0 Å². The van der Waals surface area contributed by atoms with E-state index in [0.29, 0.717) is 0 Å². The highest BCUT2D eigenvalue weighted by Crippen LogP contribution is 2.09. The van der Waals surface area contributed by atoms with E-state index in [9.17, 15) is 0 Å². The lowest BCUT2D eigenvalue weighted by Gasteiger charge is -2.06. The quantitative estimate of drug-likeness (QED) is 0.503. The number of benzene rings is 1. The first-order valence-electron chi connectivity index (χ1n) is 7.69. The summed E-state index contributed by atoms with van der Waals surface area (Å²) < 4.78 is 11.2. The van der Waals surface area contributed by atoms with Crippen molar-refractivity contribution in [3.05, 3.63) is 30.3 Å². The first-order chi connectivity index (χ1) is 9.43. The Labute approximate surface area is 118 Å². The van der Waals surface area contributed by atoms with Gasteiger partial charge in [-0.2, -0.15) is 0 Å². The summed E-state index contributed by atoms with van der Waals surface area (Å²) in [4.78, 5) is 0. The van der Waals surface area contributed by atoms with Gasteiger partial charge in [0.1, 0.15) is 5.75 Å². The Hall–Kier alpha value is -1.02. The van der Waals surface area contributed by atoms with E-state index < -0.39 is 0 Å². The maximum absolute atomic E-state index is 5.65. The molecule has 2 nitrogen and oxygen atoms in total. The molecule has 108 valence electrons. The summed E-state index contributed by atoms with van der Waals surface area (Å²) in [7, 11) is 0. The summed E-state index contributed by atoms with van der Waals surface area (Å²) in [5.41, 5.74) is 0. The highest BCUT2D eigenvalue weighted by molar-refractivity contribution is 5.20. The molecule has 1 rings (SSSR count). The number of para-hydroxylation sites is 1. The fraction of sp³-hybridized carbons (Fsp3) is 0.647. The number of rotatable bonds is 12. The van der Waals surface area contributed by atoms with Crippen LogP contribution in [0.3, 0.4) is 0 Å². The second-order valence-electron chi connectivity index (χ2n) is 4.90. The Morgan fingerprint density at radius 2 is 1.37 bits per heavy atom. The summed E-state index contributed by atoms with van der Waals surface area (Å²) in [6.45, 7) is 4.90. The third kappa shape index (κ3) is 9.54. The third-order valence-electron chi connectivity index (χ3n) is 3.09. The lowest BCUT2D eigenvalue weighted by Crippen LogP contribution is -1.99. The van der Waals surface area contributed by atoms with E-state index in [2.05, 4.69) is 6.92 Å². The smallest absolute Gasteiger partial charge is 0.119 e. The molecule has 0 aliphatic carbocycles. The van der Waals surface area contributed by atoms with Gasteiger partial charge in [0.05, 0.1) is 6.61 Å². The molecule has 0 saturated carbocycles. The molecule has 0 saturated heterocycles. The molecule has 0 aliphatic heterocycles. The molecule has 0 heterocycles. The molecule has 0 N–H and O–H groups in total. The fourth-order valence-corrected chi connectivity index (χ4v) is 1.92. The molecule has 1 aromatic rings. The van der Waals surface area contributed by atoms with Crippen LogP contribution in [0.4, 0.5) is 0 Å². The molecule has 0 amide bonds. The van der Waals surface area contributed by atoms with E-state index in [4.69, 9.17) is 9.47 Å². The van der Waals surface area contributed by atoms with Crippen LogP contribution in [0, 0.1) is 0 Å². The van der Waals surface area contributed by atoms with Crippen LogP contribution in [0.1, 0.15) is 51.9 Å². The van der Waals surface area contributed by atoms with Crippen LogP contribution in [0.25, 0.3) is 0 Å². The monoisotopic (exact) mass is 264 g/mol. The summed E-state index contributed by atoms with van der Waals surface area (Å²) in [6, 6.07) is 10.0. The van der Waals surface area contributed by atoms with Crippen LogP contribution >= 0.6 is 0 Å². The predicted molar refractivity (Wildman–Crippen MR) is 80.7 cm³/mol. The zero-order valence-corrected chi connectivity index (χ0v) is 12.3. The molecule has 0 bridgehead atoms. The Morgan fingerprint density at radius 1 is 0.737 bits per heavy atom. The first-order valence-corrected chi connectivity index (χ1v) is 7.69. The Balaban J connectivity index is 1.79. The number of unbranched alkanes of at least 4 members (excludes halogenated alkanes) is 5. The van der Waals surface area contributed by atoms with Gasteiger partial charge in [-0.1, -0.05) is 44.4 Å². The average Bonchev–Trinajstić information content (AvgIpc) is 2.46. The lowest BCUT2D eigenvalue weighted by atomic mass is 10.2. The van der Waals surface area contributed by atoms with Gasteiger partial charge in [0.15, 0.2) is 0 Å². The number of hydrogen-bond donors (Lipinski definition) is 0. The van der Waals surface area contributed by atoms with E-state index in [0.717, 1.165) is 32.0 Å². The van der Waals surface area contributed by atoms with Crippen molar-refractivity contribution in [1.29, 1.82) is 0 Å². The molecule has 1 aromatic carbocycles. The minimum atomic E-state index is 0.821. The van der Waals surface area contributed by atoms with Crippen molar-refractivity contribution >= 4 is 0 Å². The van der Waals surface area contributed by atoms with Crippen LogP contribution in [0.2, 0.25) is 0 Å². The molecule has 0 unspecified atom stereocenters. The Kier molecular flexibility index (Phi) is 10.2. The third-order valence-corrected chi connectivity index (χ3v) is 3.09. The average molecular weight is 264 g/mol. The fourth-order valence-electron chi connectivity index (χ4n) is 1.92. The maximum atomic E-state index is 5.65. The normalized spacial score (nSPS) is 10.6. The molecule has 2 heteroatoms. The molecular weight excluding hydrogens is 236 g/mol.